The first-order chi connectivity index (χ1) is 9.24. The van der Waals surface area contributed by atoms with Crippen LogP contribution < -0.4 is 0 Å². The summed E-state index contributed by atoms with van der Waals surface area (Å²) in [5.41, 5.74) is 1.09. The lowest BCUT2D eigenvalue weighted by Gasteiger charge is -2.29. The number of aryl methyl sites for hydroxylation is 1. The minimum Gasteiger partial charge on any atom is -0.306 e. The minimum absolute atomic E-state index is 0.495. The molecule has 19 heavy (non-hydrogen) atoms. The summed E-state index contributed by atoms with van der Waals surface area (Å²) in [7, 11) is 2.17. The molecule has 1 aliphatic heterocycles. The van der Waals surface area contributed by atoms with Gasteiger partial charge in [0.1, 0.15) is 5.82 Å². The van der Waals surface area contributed by atoms with Gasteiger partial charge in [0.15, 0.2) is 5.82 Å². The largest absolute Gasteiger partial charge is 0.306 e. The standard InChI is InChI=1S/C14H19N5/c1-11-16-5-7-19(11)14-9-15-8-13(17-14)12-4-3-6-18(2)10-12/h5,7-9,12H,3-4,6,10H2,1-2H3. The molecule has 0 saturated carbocycles. The second kappa shape index (κ2) is 5.09. The predicted octanol–water partition coefficient (Wildman–Crippen LogP) is 1.78. The molecule has 1 atom stereocenters. The van der Waals surface area contributed by atoms with Gasteiger partial charge in [0.2, 0.25) is 0 Å². The molecule has 0 aliphatic carbocycles. The number of aromatic nitrogens is 4. The van der Waals surface area contributed by atoms with E-state index in [9.17, 15) is 0 Å². The number of likely N-dealkylation sites (N-methyl/N-ethyl adjacent to an activating group) is 1. The third-order valence-corrected chi connectivity index (χ3v) is 3.76. The van der Waals surface area contributed by atoms with E-state index < -0.39 is 0 Å². The number of nitrogens with zero attached hydrogens (tertiary/aromatic N) is 5. The van der Waals surface area contributed by atoms with Crippen molar-refractivity contribution < 1.29 is 0 Å². The first-order valence-electron chi connectivity index (χ1n) is 6.75. The van der Waals surface area contributed by atoms with Crippen molar-refractivity contribution >= 4 is 0 Å². The highest BCUT2D eigenvalue weighted by Crippen LogP contribution is 2.24. The summed E-state index contributed by atoms with van der Waals surface area (Å²) in [6.07, 6.45) is 9.85. The molecule has 0 aromatic carbocycles. The lowest BCUT2D eigenvalue weighted by Crippen LogP contribution is -2.31. The van der Waals surface area contributed by atoms with Crippen molar-refractivity contribution in [2.45, 2.75) is 25.7 Å². The van der Waals surface area contributed by atoms with E-state index >= 15 is 0 Å². The second-order valence-corrected chi connectivity index (χ2v) is 5.25. The summed E-state index contributed by atoms with van der Waals surface area (Å²) in [6.45, 7) is 4.23. The SMILES string of the molecule is Cc1nccn1-c1cncc(C2CCCN(C)C2)n1. The first kappa shape index (κ1) is 12.3. The van der Waals surface area contributed by atoms with Gasteiger partial charge in [-0.15, -0.1) is 0 Å². The van der Waals surface area contributed by atoms with E-state index in [1.807, 2.05) is 23.9 Å². The number of piperidine rings is 1. The van der Waals surface area contributed by atoms with E-state index in [1.54, 1.807) is 12.4 Å². The predicted molar refractivity (Wildman–Crippen MR) is 73.4 cm³/mol. The zero-order valence-corrected chi connectivity index (χ0v) is 11.5. The fourth-order valence-corrected chi connectivity index (χ4v) is 2.71. The number of imidazole rings is 1. The molecule has 0 bridgehead atoms. The molecular weight excluding hydrogens is 238 g/mol. The van der Waals surface area contributed by atoms with E-state index in [4.69, 9.17) is 4.98 Å². The maximum absolute atomic E-state index is 4.77. The summed E-state index contributed by atoms with van der Waals surface area (Å²) in [4.78, 5) is 15.7. The fourth-order valence-electron chi connectivity index (χ4n) is 2.71. The van der Waals surface area contributed by atoms with Crippen LogP contribution >= 0.6 is 0 Å². The molecule has 3 rings (SSSR count). The van der Waals surface area contributed by atoms with Gasteiger partial charge < -0.3 is 4.90 Å². The van der Waals surface area contributed by atoms with Crippen molar-refractivity contribution in [3.05, 3.63) is 36.3 Å². The first-order valence-corrected chi connectivity index (χ1v) is 6.75. The van der Waals surface area contributed by atoms with Gasteiger partial charge >= 0.3 is 0 Å². The van der Waals surface area contributed by atoms with Crippen LogP contribution in [0, 0.1) is 6.92 Å². The number of likely N-dealkylation sites (tertiary alicyclic amines) is 1. The number of hydrogen-bond acceptors (Lipinski definition) is 4. The lowest BCUT2D eigenvalue weighted by molar-refractivity contribution is 0.248. The van der Waals surface area contributed by atoms with Gasteiger partial charge in [0.25, 0.3) is 0 Å². The summed E-state index contributed by atoms with van der Waals surface area (Å²) >= 11 is 0. The molecule has 0 amide bonds. The Labute approximate surface area is 113 Å². The summed E-state index contributed by atoms with van der Waals surface area (Å²) in [6, 6.07) is 0. The molecule has 0 N–H and O–H groups in total. The normalized spacial score (nSPS) is 20.6. The highest BCUT2D eigenvalue weighted by molar-refractivity contribution is 5.23. The highest BCUT2D eigenvalue weighted by Gasteiger charge is 2.20. The molecule has 1 fully saturated rings. The molecule has 2 aromatic heterocycles. The smallest absolute Gasteiger partial charge is 0.156 e. The Hall–Kier alpha value is -1.75. The van der Waals surface area contributed by atoms with Crippen molar-refractivity contribution in [3.63, 3.8) is 0 Å². The summed E-state index contributed by atoms with van der Waals surface area (Å²) in [5, 5.41) is 0. The second-order valence-electron chi connectivity index (χ2n) is 5.25. The Morgan fingerprint density at radius 2 is 2.21 bits per heavy atom. The van der Waals surface area contributed by atoms with Crippen LogP contribution in [0.3, 0.4) is 0 Å². The van der Waals surface area contributed by atoms with E-state index in [0.717, 1.165) is 23.9 Å². The van der Waals surface area contributed by atoms with Gasteiger partial charge in [-0.05, 0) is 33.4 Å². The third kappa shape index (κ3) is 2.51. The topological polar surface area (TPSA) is 46.8 Å². The van der Waals surface area contributed by atoms with Crippen LogP contribution in [0.5, 0.6) is 0 Å². The van der Waals surface area contributed by atoms with Crippen molar-refractivity contribution in [1.29, 1.82) is 0 Å². The molecular formula is C14H19N5. The van der Waals surface area contributed by atoms with E-state index in [0.29, 0.717) is 5.92 Å². The van der Waals surface area contributed by atoms with Gasteiger partial charge in [-0.3, -0.25) is 9.55 Å². The monoisotopic (exact) mass is 257 g/mol. The Morgan fingerprint density at radius 1 is 1.32 bits per heavy atom. The van der Waals surface area contributed by atoms with Gasteiger partial charge in [-0.25, -0.2) is 9.97 Å². The molecule has 1 unspecified atom stereocenters. The van der Waals surface area contributed by atoms with Gasteiger partial charge in [-0.2, -0.15) is 0 Å². The number of rotatable bonds is 2. The summed E-state index contributed by atoms with van der Waals surface area (Å²) in [5.74, 6) is 2.29. The molecule has 100 valence electrons. The molecule has 1 saturated heterocycles. The Morgan fingerprint density at radius 3 is 2.95 bits per heavy atom. The van der Waals surface area contributed by atoms with E-state index in [1.165, 1.54) is 19.4 Å². The fraction of sp³-hybridized carbons (Fsp3) is 0.500. The van der Waals surface area contributed by atoms with Crippen molar-refractivity contribution in [1.82, 2.24) is 24.4 Å². The van der Waals surface area contributed by atoms with Gasteiger partial charge in [-0.1, -0.05) is 0 Å². The number of hydrogen-bond donors (Lipinski definition) is 0. The van der Waals surface area contributed by atoms with Crippen molar-refractivity contribution in [2.24, 2.45) is 0 Å². The Balaban J connectivity index is 1.90. The van der Waals surface area contributed by atoms with Gasteiger partial charge in [0.05, 0.1) is 11.9 Å². The Bertz CT molecular complexity index is 562. The van der Waals surface area contributed by atoms with Crippen LogP contribution in [0.4, 0.5) is 0 Å². The highest BCUT2D eigenvalue weighted by atomic mass is 15.1. The van der Waals surface area contributed by atoms with Crippen LogP contribution in [0.15, 0.2) is 24.8 Å². The van der Waals surface area contributed by atoms with Gasteiger partial charge in [0, 0.05) is 31.1 Å². The maximum atomic E-state index is 4.77. The van der Waals surface area contributed by atoms with E-state index in [-0.39, 0.29) is 0 Å². The quantitative estimate of drug-likeness (QED) is 0.822. The zero-order valence-electron chi connectivity index (χ0n) is 11.5. The van der Waals surface area contributed by atoms with Crippen molar-refractivity contribution in [3.8, 4) is 5.82 Å². The van der Waals surface area contributed by atoms with Crippen LogP contribution in [0.2, 0.25) is 0 Å². The molecule has 0 spiro atoms. The van der Waals surface area contributed by atoms with Crippen molar-refractivity contribution in [2.75, 3.05) is 20.1 Å². The maximum Gasteiger partial charge on any atom is 0.156 e. The minimum atomic E-state index is 0.495. The molecule has 5 nitrogen and oxygen atoms in total. The average molecular weight is 257 g/mol. The van der Waals surface area contributed by atoms with Crippen LogP contribution in [-0.4, -0.2) is 44.6 Å². The molecule has 5 heteroatoms. The third-order valence-electron chi connectivity index (χ3n) is 3.76. The summed E-state index contributed by atoms with van der Waals surface area (Å²) < 4.78 is 1.98. The molecule has 0 radical (unpaired) electrons. The van der Waals surface area contributed by atoms with Crippen LogP contribution in [-0.2, 0) is 0 Å². The zero-order chi connectivity index (χ0) is 13.2. The van der Waals surface area contributed by atoms with Crippen LogP contribution in [0.25, 0.3) is 5.82 Å². The average Bonchev–Trinajstić information content (AvgIpc) is 2.85. The molecule has 2 aromatic rings. The Kier molecular flexibility index (Phi) is 3.29. The van der Waals surface area contributed by atoms with Crippen LogP contribution in [0.1, 0.15) is 30.3 Å². The lowest BCUT2D eigenvalue weighted by atomic mass is 9.95. The molecule has 1 aliphatic rings. The van der Waals surface area contributed by atoms with E-state index in [2.05, 4.69) is 21.9 Å². The molecule has 3 heterocycles.